The largest absolute Gasteiger partial charge is 0.440 e. The molecule has 30 heavy (non-hydrogen) atoms. The van der Waals surface area contributed by atoms with Crippen LogP contribution >= 0.6 is 0 Å². The van der Waals surface area contributed by atoms with Crippen molar-refractivity contribution < 1.29 is 23.9 Å². The van der Waals surface area contributed by atoms with Crippen LogP contribution in [0.15, 0.2) is 78.9 Å². The third-order valence-corrected chi connectivity index (χ3v) is 4.63. The zero-order valence-electron chi connectivity index (χ0n) is 15.7. The van der Waals surface area contributed by atoms with Crippen molar-refractivity contribution >= 4 is 29.4 Å². The molecule has 1 N–H and O–H groups in total. The molecule has 3 aromatic carbocycles. The van der Waals surface area contributed by atoms with Gasteiger partial charge in [0.05, 0.1) is 22.4 Å². The Morgan fingerprint density at radius 3 is 2.00 bits per heavy atom. The summed E-state index contributed by atoms with van der Waals surface area (Å²) in [5.74, 6) is -2.19. The van der Waals surface area contributed by atoms with Gasteiger partial charge >= 0.3 is 5.97 Å². The molecule has 1 aliphatic rings. The van der Waals surface area contributed by atoms with E-state index < -0.39 is 24.5 Å². The zero-order chi connectivity index (χ0) is 21.1. The van der Waals surface area contributed by atoms with Crippen LogP contribution in [-0.2, 0) is 4.74 Å². The normalized spacial score (nSPS) is 12.5. The summed E-state index contributed by atoms with van der Waals surface area (Å²) >= 11 is 0. The number of para-hydroxylation sites is 1. The van der Waals surface area contributed by atoms with E-state index in [9.17, 15) is 19.2 Å². The Labute approximate surface area is 171 Å². The number of esters is 1. The number of fused-ring (bicyclic) bond motifs is 1. The number of imide groups is 1. The molecule has 7 nitrogen and oxygen atoms in total. The topological polar surface area (TPSA) is 92.8 Å². The third-order valence-electron chi connectivity index (χ3n) is 4.63. The highest BCUT2D eigenvalue weighted by Gasteiger charge is 2.36. The number of rotatable bonds is 5. The van der Waals surface area contributed by atoms with Gasteiger partial charge in [-0.05, 0) is 36.4 Å². The maximum Gasteiger partial charge on any atom is 0.341 e. The molecule has 3 aromatic rings. The van der Waals surface area contributed by atoms with E-state index in [1.165, 1.54) is 6.07 Å². The Morgan fingerprint density at radius 1 is 0.767 bits per heavy atom. The van der Waals surface area contributed by atoms with Crippen molar-refractivity contribution in [3.05, 3.63) is 101 Å². The van der Waals surface area contributed by atoms with E-state index in [-0.39, 0.29) is 28.3 Å². The number of amides is 3. The second-order valence-electron chi connectivity index (χ2n) is 6.51. The maximum atomic E-state index is 12.6. The van der Waals surface area contributed by atoms with Crippen LogP contribution in [0.1, 0.15) is 41.4 Å². The van der Waals surface area contributed by atoms with Crippen molar-refractivity contribution in [2.45, 2.75) is 0 Å². The van der Waals surface area contributed by atoms with Gasteiger partial charge in [0, 0.05) is 5.56 Å². The number of nitrogens with one attached hydrogen (secondary N) is 1. The van der Waals surface area contributed by atoms with Gasteiger partial charge in [-0.25, -0.2) is 9.69 Å². The molecule has 0 atom stereocenters. The summed E-state index contributed by atoms with van der Waals surface area (Å²) in [6.07, 6.45) is 0. The predicted octanol–water partition coefficient (Wildman–Crippen LogP) is 3.35. The van der Waals surface area contributed by atoms with Crippen molar-refractivity contribution in [3.63, 3.8) is 0 Å². The summed E-state index contributed by atoms with van der Waals surface area (Å²) in [6, 6.07) is 21.3. The van der Waals surface area contributed by atoms with Gasteiger partial charge in [0.15, 0.2) is 6.73 Å². The molecule has 3 amide bonds. The lowest BCUT2D eigenvalue weighted by atomic mass is 10.1. The smallest absolute Gasteiger partial charge is 0.341 e. The van der Waals surface area contributed by atoms with E-state index in [4.69, 9.17) is 4.74 Å². The number of carbonyl (C=O) groups excluding carboxylic acids is 4. The van der Waals surface area contributed by atoms with Gasteiger partial charge in [-0.2, -0.15) is 0 Å². The Bertz CT molecular complexity index is 1120. The minimum absolute atomic E-state index is 0.110. The summed E-state index contributed by atoms with van der Waals surface area (Å²) in [6.45, 7) is -0.522. The van der Waals surface area contributed by atoms with Gasteiger partial charge in [0.25, 0.3) is 17.7 Å². The minimum atomic E-state index is -0.768. The lowest BCUT2D eigenvalue weighted by Crippen LogP contribution is -2.33. The van der Waals surface area contributed by atoms with Gasteiger partial charge in [-0.3, -0.25) is 14.4 Å². The molecule has 0 aromatic heterocycles. The Morgan fingerprint density at radius 2 is 1.33 bits per heavy atom. The van der Waals surface area contributed by atoms with Gasteiger partial charge in [-0.1, -0.05) is 42.5 Å². The van der Waals surface area contributed by atoms with E-state index in [1.54, 1.807) is 72.8 Å². The van der Waals surface area contributed by atoms with Crippen LogP contribution in [0.25, 0.3) is 0 Å². The molecule has 1 heterocycles. The van der Waals surface area contributed by atoms with E-state index >= 15 is 0 Å². The lowest BCUT2D eigenvalue weighted by molar-refractivity contribution is 0.0229. The molecule has 148 valence electrons. The highest BCUT2D eigenvalue weighted by Crippen LogP contribution is 2.23. The van der Waals surface area contributed by atoms with Crippen LogP contribution in [-0.4, -0.2) is 35.3 Å². The van der Waals surface area contributed by atoms with Crippen molar-refractivity contribution in [2.24, 2.45) is 0 Å². The van der Waals surface area contributed by atoms with Gasteiger partial charge in [0.2, 0.25) is 0 Å². The molecule has 0 bridgehead atoms. The molecule has 0 spiro atoms. The number of hydrogen-bond donors (Lipinski definition) is 1. The Kier molecular flexibility index (Phi) is 5.09. The van der Waals surface area contributed by atoms with Crippen LogP contribution < -0.4 is 5.32 Å². The average molecular weight is 400 g/mol. The molecular weight excluding hydrogens is 384 g/mol. The molecule has 0 radical (unpaired) electrons. The van der Waals surface area contributed by atoms with Crippen LogP contribution in [0.5, 0.6) is 0 Å². The first-order valence-corrected chi connectivity index (χ1v) is 9.14. The summed E-state index contributed by atoms with van der Waals surface area (Å²) < 4.78 is 5.21. The molecule has 7 heteroatoms. The molecule has 0 fully saturated rings. The molecular formula is C23H16N2O5. The van der Waals surface area contributed by atoms with Crippen molar-refractivity contribution in [1.29, 1.82) is 0 Å². The van der Waals surface area contributed by atoms with E-state index in [1.807, 2.05) is 0 Å². The molecule has 4 rings (SSSR count). The number of anilines is 1. The average Bonchev–Trinajstić information content (AvgIpc) is 3.03. The summed E-state index contributed by atoms with van der Waals surface area (Å²) in [7, 11) is 0. The fourth-order valence-electron chi connectivity index (χ4n) is 3.11. The standard InChI is InChI=1S/C23H16N2O5/c26-20(15-8-2-1-3-9-15)24-19-13-7-6-12-18(19)23(29)30-14-25-21(27)16-10-4-5-11-17(16)22(25)28/h1-13H,14H2,(H,24,26). The van der Waals surface area contributed by atoms with E-state index in [2.05, 4.69) is 5.32 Å². The number of carbonyl (C=O) groups is 4. The summed E-state index contributed by atoms with van der Waals surface area (Å²) in [5.41, 5.74) is 1.35. The highest BCUT2D eigenvalue weighted by atomic mass is 16.5. The first-order chi connectivity index (χ1) is 14.6. The number of nitrogens with zero attached hydrogens (tertiary/aromatic N) is 1. The second-order valence-corrected chi connectivity index (χ2v) is 6.51. The predicted molar refractivity (Wildman–Crippen MR) is 108 cm³/mol. The Hall–Kier alpha value is -4.26. The van der Waals surface area contributed by atoms with E-state index in [0.717, 1.165) is 4.90 Å². The van der Waals surface area contributed by atoms with Crippen LogP contribution in [0.4, 0.5) is 5.69 Å². The van der Waals surface area contributed by atoms with Gasteiger partial charge in [-0.15, -0.1) is 0 Å². The van der Waals surface area contributed by atoms with Gasteiger partial charge < -0.3 is 10.1 Å². The third kappa shape index (κ3) is 3.56. The number of benzene rings is 3. The first kappa shape index (κ1) is 19.1. The molecule has 0 aliphatic carbocycles. The lowest BCUT2D eigenvalue weighted by Gasteiger charge is -2.15. The molecule has 0 saturated heterocycles. The van der Waals surface area contributed by atoms with Crippen molar-refractivity contribution in [3.8, 4) is 0 Å². The monoisotopic (exact) mass is 400 g/mol. The summed E-state index contributed by atoms with van der Waals surface area (Å²) in [5, 5.41) is 2.68. The molecule has 0 saturated carbocycles. The SMILES string of the molecule is O=C(Nc1ccccc1C(=O)OCN1C(=O)c2ccccc2C1=O)c1ccccc1. The van der Waals surface area contributed by atoms with Crippen LogP contribution in [0, 0.1) is 0 Å². The van der Waals surface area contributed by atoms with E-state index in [0.29, 0.717) is 5.56 Å². The Balaban J connectivity index is 1.47. The zero-order valence-corrected chi connectivity index (χ0v) is 15.7. The van der Waals surface area contributed by atoms with Crippen LogP contribution in [0.3, 0.4) is 0 Å². The van der Waals surface area contributed by atoms with Crippen LogP contribution in [0.2, 0.25) is 0 Å². The van der Waals surface area contributed by atoms with Crippen molar-refractivity contribution in [2.75, 3.05) is 12.0 Å². The minimum Gasteiger partial charge on any atom is -0.440 e. The maximum absolute atomic E-state index is 12.6. The summed E-state index contributed by atoms with van der Waals surface area (Å²) in [4.78, 5) is 50.6. The fraction of sp³-hybridized carbons (Fsp3) is 0.0435. The quantitative estimate of drug-likeness (QED) is 0.524. The van der Waals surface area contributed by atoms with Crippen molar-refractivity contribution in [1.82, 2.24) is 4.90 Å². The highest BCUT2D eigenvalue weighted by molar-refractivity contribution is 6.21. The number of hydrogen-bond acceptors (Lipinski definition) is 5. The second kappa shape index (κ2) is 8.00. The number of ether oxygens (including phenoxy) is 1. The fourth-order valence-corrected chi connectivity index (χ4v) is 3.11. The molecule has 1 aliphatic heterocycles. The first-order valence-electron chi connectivity index (χ1n) is 9.14. The van der Waals surface area contributed by atoms with Gasteiger partial charge in [0.1, 0.15) is 0 Å². The molecule has 0 unspecified atom stereocenters.